The Kier molecular flexibility index (Phi) is 11.9. The third kappa shape index (κ3) is 7.50. The molecule has 0 fully saturated rings. The summed E-state index contributed by atoms with van der Waals surface area (Å²) in [4.78, 5) is 0. The summed E-state index contributed by atoms with van der Waals surface area (Å²) in [6.45, 7) is 6.40. The summed E-state index contributed by atoms with van der Waals surface area (Å²) in [5.74, 6) is 0.491. The molecule has 0 N–H and O–H groups in total. The fourth-order valence-corrected chi connectivity index (χ4v) is 3.74. The zero-order valence-electron chi connectivity index (χ0n) is 17.3. The van der Waals surface area contributed by atoms with E-state index in [1.165, 1.54) is 35.9 Å². The van der Waals surface area contributed by atoms with Crippen molar-refractivity contribution in [2.75, 3.05) is 0 Å². The first-order chi connectivity index (χ1) is 13.5. The van der Waals surface area contributed by atoms with Crippen LogP contribution in [0.1, 0.15) is 26.3 Å². The summed E-state index contributed by atoms with van der Waals surface area (Å²) < 4.78 is 1.51. The van der Waals surface area contributed by atoms with Gasteiger partial charge in [0.25, 0.3) is 0 Å². The van der Waals surface area contributed by atoms with Crippen molar-refractivity contribution in [3.8, 4) is 0 Å². The molecule has 5 rings (SSSR count). The Morgan fingerprint density at radius 3 is 1.90 bits per heavy atom. The summed E-state index contributed by atoms with van der Waals surface area (Å²) in [7, 11) is 0. The minimum atomic E-state index is 0. The monoisotopic (exact) mass is 528 g/mol. The molecular formula is C26H24Cl2SZr-2. The maximum Gasteiger partial charge on any atom is -0.0771 e. The largest absolute Gasteiger partial charge is 1.00 e. The van der Waals surface area contributed by atoms with E-state index in [2.05, 4.69) is 110 Å². The topological polar surface area (TPSA) is 0 Å². The molecule has 0 bridgehead atoms. The van der Waals surface area contributed by atoms with Crippen molar-refractivity contribution in [2.24, 2.45) is 5.92 Å². The molecule has 0 saturated carbocycles. The van der Waals surface area contributed by atoms with Crippen LogP contribution in [-0.4, -0.2) is 3.21 Å². The average molecular weight is 531 g/mol. The second-order valence-corrected chi connectivity index (χ2v) is 10.3. The van der Waals surface area contributed by atoms with Crippen molar-refractivity contribution in [3.63, 3.8) is 0 Å². The van der Waals surface area contributed by atoms with Gasteiger partial charge >= 0.3 is 41.3 Å². The molecule has 3 aromatic carbocycles. The van der Waals surface area contributed by atoms with E-state index in [1.54, 1.807) is 35.6 Å². The predicted molar refractivity (Wildman–Crippen MR) is 123 cm³/mol. The Labute approximate surface area is 211 Å². The first kappa shape index (κ1) is 26.9. The summed E-state index contributed by atoms with van der Waals surface area (Å²) in [5.41, 5.74) is 2.55. The molecule has 1 aliphatic rings. The van der Waals surface area contributed by atoms with E-state index < -0.39 is 0 Å². The molecule has 1 aromatic heterocycles. The molecule has 0 saturated heterocycles. The van der Waals surface area contributed by atoms with Crippen LogP contribution < -0.4 is 24.8 Å². The normalized spacial score (nSPS) is 13.9. The van der Waals surface area contributed by atoms with Gasteiger partial charge < -0.3 is 24.8 Å². The molecular weight excluding hydrogens is 506 g/mol. The molecule has 1 heterocycles. The Morgan fingerprint density at radius 2 is 1.47 bits per heavy atom. The molecule has 1 aliphatic carbocycles. The number of allylic oxidation sites excluding steroid dienone is 4. The number of hydrogen-bond acceptors (Lipinski definition) is 1. The van der Waals surface area contributed by atoms with E-state index >= 15 is 0 Å². The molecule has 0 amide bonds. The Balaban J connectivity index is 0.000000244. The molecule has 154 valence electrons. The Morgan fingerprint density at radius 1 is 0.933 bits per heavy atom. The molecule has 1 atom stereocenters. The van der Waals surface area contributed by atoms with Gasteiger partial charge in [0.05, 0.1) is 0 Å². The second kappa shape index (κ2) is 13.3. The number of hydrogen-bond donors (Lipinski definition) is 0. The molecule has 30 heavy (non-hydrogen) atoms. The van der Waals surface area contributed by atoms with Crippen LogP contribution in [0.4, 0.5) is 0 Å². The molecule has 0 nitrogen and oxygen atoms in total. The van der Waals surface area contributed by atoms with Crippen LogP contribution in [0.25, 0.3) is 27.1 Å². The third-order valence-electron chi connectivity index (χ3n) is 4.29. The Bertz CT molecular complexity index is 1070. The smallest absolute Gasteiger partial charge is 0.0771 e. The maximum atomic E-state index is 3.37. The van der Waals surface area contributed by atoms with Gasteiger partial charge in [-0.3, -0.25) is 0 Å². The number of benzene rings is 2. The quantitative estimate of drug-likeness (QED) is 0.328. The first-order valence-corrected chi connectivity index (χ1v) is 11.6. The van der Waals surface area contributed by atoms with E-state index in [9.17, 15) is 0 Å². The Hall–Kier alpha value is -1.18. The summed E-state index contributed by atoms with van der Waals surface area (Å²) in [5, 5.41) is 9.65. The third-order valence-corrected chi connectivity index (χ3v) is 4.97. The van der Waals surface area contributed by atoms with Crippen LogP contribution in [0.15, 0.2) is 83.6 Å². The minimum Gasteiger partial charge on any atom is -1.00 e. The van der Waals surface area contributed by atoms with Crippen LogP contribution in [-0.2, 0) is 24.2 Å². The number of halogens is 2. The first-order valence-electron chi connectivity index (χ1n) is 9.44. The number of rotatable bonds is 1. The fraction of sp³-hybridized carbons (Fsp3) is 0.154. The van der Waals surface area contributed by atoms with Crippen molar-refractivity contribution >= 4 is 41.7 Å². The van der Waals surface area contributed by atoms with Gasteiger partial charge in [-0.1, -0.05) is 60.7 Å². The molecule has 0 radical (unpaired) electrons. The SMILES string of the molecule is CC1[C-]=C(c2ccsc2)C=C1.C[C](C)=[Zr+2].[Cl-].[Cl-].c1ccc2c(c1)[cH-]c1ccccc12. The maximum absolute atomic E-state index is 3.37. The van der Waals surface area contributed by atoms with Crippen molar-refractivity contribution in [1.29, 1.82) is 0 Å². The van der Waals surface area contributed by atoms with Gasteiger partial charge in [-0.2, -0.15) is 29.1 Å². The standard InChI is InChI=1S/C13H9.C10H9S.C3H6.2ClH.Zr/c1-3-7-12-10(5-1)9-11-6-2-4-8-13(11)12;1-8-2-3-9(6-8)10-4-5-11-7-10;1-3-2;;;/h1-9H;2-5,7-8H,1H3;1-2H3;2*1H;/q2*-1;;;;+2/p-2. The molecule has 0 aliphatic heterocycles. The van der Waals surface area contributed by atoms with Crippen LogP contribution in [0.2, 0.25) is 0 Å². The van der Waals surface area contributed by atoms with E-state index in [0.29, 0.717) is 5.92 Å². The van der Waals surface area contributed by atoms with Crippen molar-refractivity contribution in [2.45, 2.75) is 20.8 Å². The predicted octanol–water partition coefficient (Wildman–Crippen LogP) is 1.61. The van der Waals surface area contributed by atoms with Gasteiger partial charge in [0.15, 0.2) is 0 Å². The molecule has 4 aromatic rings. The molecule has 1 unspecified atom stereocenters. The van der Waals surface area contributed by atoms with Crippen LogP contribution in [0.5, 0.6) is 0 Å². The van der Waals surface area contributed by atoms with Crippen molar-refractivity contribution < 1.29 is 49.0 Å². The second-order valence-electron chi connectivity index (χ2n) is 7.04. The van der Waals surface area contributed by atoms with E-state index in [1.807, 2.05) is 0 Å². The van der Waals surface area contributed by atoms with Crippen molar-refractivity contribution in [1.82, 2.24) is 0 Å². The van der Waals surface area contributed by atoms with Crippen molar-refractivity contribution in [3.05, 3.63) is 95.2 Å². The number of thiophene rings is 1. The number of fused-ring (bicyclic) bond motifs is 3. The van der Waals surface area contributed by atoms with Crippen LogP contribution >= 0.6 is 11.3 Å². The summed E-state index contributed by atoms with van der Waals surface area (Å²) in [6, 6.07) is 21.4. The van der Waals surface area contributed by atoms with Crippen LogP contribution in [0.3, 0.4) is 0 Å². The molecule has 0 spiro atoms. The zero-order chi connectivity index (χ0) is 19.9. The van der Waals surface area contributed by atoms with Gasteiger partial charge in [0.1, 0.15) is 0 Å². The fourth-order valence-electron chi connectivity index (χ4n) is 3.08. The van der Waals surface area contributed by atoms with Crippen LogP contribution in [0, 0.1) is 12.0 Å². The summed E-state index contributed by atoms with van der Waals surface area (Å²) >= 11 is 3.29. The summed E-state index contributed by atoms with van der Waals surface area (Å²) in [6.07, 6.45) is 7.69. The van der Waals surface area contributed by atoms with Gasteiger partial charge in [0.2, 0.25) is 0 Å². The van der Waals surface area contributed by atoms with E-state index in [-0.39, 0.29) is 24.8 Å². The zero-order valence-corrected chi connectivity index (χ0v) is 22.1. The minimum absolute atomic E-state index is 0. The van der Waals surface area contributed by atoms with Gasteiger partial charge in [-0.25, -0.2) is 0 Å². The van der Waals surface area contributed by atoms with E-state index in [0.717, 1.165) is 0 Å². The molecule has 4 heteroatoms. The average Bonchev–Trinajstić information content (AvgIpc) is 3.41. The van der Waals surface area contributed by atoms with Gasteiger partial charge in [0, 0.05) is 0 Å². The van der Waals surface area contributed by atoms with Gasteiger partial charge in [-0.15, -0.1) is 51.4 Å². The van der Waals surface area contributed by atoms with E-state index in [4.69, 9.17) is 0 Å². The van der Waals surface area contributed by atoms with Gasteiger partial charge in [-0.05, 0) is 5.38 Å².